The molecule has 1 amide bonds. The number of nitrogens with one attached hydrogen (secondary N) is 1. The fourth-order valence-electron chi connectivity index (χ4n) is 5.71. The van der Waals surface area contributed by atoms with Crippen molar-refractivity contribution in [3.8, 4) is 16.9 Å². The van der Waals surface area contributed by atoms with Gasteiger partial charge in [-0.1, -0.05) is 50.2 Å². The van der Waals surface area contributed by atoms with Gasteiger partial charge in [0.15, 0.2) is 0 Å². The molecule has 0 radical (unpaired) electrons. The van der Waals surface area contributed by atoms with E-state index in [0.29, 0.717) is 5.92 Å². The summed E-state index contributed by atoms with van der Waals surface area (Å²) in [5, 5.41) is 3.21. The fraction of sp³-hybridized carbons (Fsp3) is 0.500. The highest BCUT2D eigenvalue weighted by Gasteiger charge is 2.42. The number of carbonyl (C=O) groups excluding carboxylic acids is 1. The van der Waals surface area contributed by atoms with Crippen molar-refractivity contribution in [1.82, 2.24) is 10.2 Å². The Kier molecular flexibility index (Phi) is 5.17. The number of hydrogen-bond donors (Lipinski definition) is 1. The zero-order chi connectivity index (χ0) is 21.6. The molecule has 0 saturated carbocycles. The Morgan fingerprint density at radius 1 is 1.13 bits per heavy atom. The molecule has 2 aromatic rings. The molecule has 6 rings (SSSR count). The Hall–Kier alpha value is -2.53. The molecule has 164 valence electrons. The number of para-hydroxylation sites is 1. The van der Waals surface area contributed by atoms with Gasteiger partial charge in [-0.3, -0.25) is 4.90 Å². The Labute approximate surface area is 184 Å². The van der Waals surface area contributed by atoms with E-state index in [1.807, 2.05) is 18.2 Å². The van der Waals surface area contributed by atoms with Gasteiger partial charge in [-0.25, -0.2) is 4.79 Å². The van der Waals surface area contributed by atoms with Gasteiger partial charge in [-0.2, -0.15) is 0 Å². The first-order chi connectivity index (χ1) is 14.9. The minimum absolute atomic E-state index is 0.0272. The molecule has 31 heavy (non-hydrogen) atoms. The first kappa shape index (κ1) is 20.4. The average molecular weight is 421 g/mol. The average Bonchev–Trinajstić information content (AvgIpc) is 3.03. The molecule has 3 saturated heterocycles. The molecule has 1 unspecified atom stereocenters. The van der Waals surface area contributed by atoms with Gasteiger partial charge in [-0.05, 0) is 66.4 Å². The Morgan fingerprint density at radius 3 is 2.61 bits per heavy atom. The minimum atomic E-state index is -0.279. The summed E-state index contributed by atoms with van der Waals surface area (Å²) in [5.74, 6) is 1.39. The topological polar surface area (TPSA) is 50.8 Å². The second-order valence-corrected chi connectivity index (χ2v) is 9.94. The summed E-state index contributed by atoms with van der Waals surface area (Å²) in [6, 6.07) is 14.6. The van der Waals surface area contributed by atoms with Crippen molar-refractivity contribution < 1.29 is 14.3 Å². The van der Waals surface area contributed by atoms with Gasteiger partial charge in [0.2, 0.25) is 0 Å². The zero-order valence-corrected chi connectivity index (χ0v) is 18.7. The van der Waals surface area contributed by atoms with Crippen LogP contribution < -0.4 is 10.1 Å². The third-order valence-corrected chi connectivity index (χ3v) is 7.42. The number of alkyl carbamates (subject to hydrolysis) is 1. The van der Waals surface area contributed by atoms with Crippen LogP contribution in [-0.4, -0.2) is 43.8 Å². The van der Waals surface area contributed by atoms with E-state index in [2.05, 4.69) is 48.3 Å². The van der Waals surface area contributed by atoms with Crippen LogP contribution in [0.2, 0.25) is 0 Å². The molecule has 5 nitrogen and oxygen atoms in total. The number of hydrogen-bond acceptors (Lipinski definition) is 4. The molecular formula is C26H32N2O3. The number of piperidine rings is 3. The lowest BCUT2D eigenvalue weighted by atomic mass is 9.85. The highest BCUT2D eigenvalue weighted by Crippen LogP contribution is 2.47. The molecule has 2 bridgehead atoms. The second kappa shape index (κ2) is 7.86. The van der Waals surface area contributed by atoms with E-state index in [4.69, 9.17) is 9.47 Å². The van der Waals surface area contributed by atoms with Crippen LogP contribution in [0.15, 0.2) is 42.5 Å². The number of fused-ring (bicyclic) bond motifs is 4. The predicted octanol–water partition coefficient (Wildman–Crippen LogP) is 4.81. The number of amides is 1. The molecule has 4 aliphatic rings. The van der Waals surface area contributed by atoms with Gasteiger partial charge in [-0.15, -0.1) is 0 Å². The summed E-state index contributed by atoms with van der Waals surface area (Å²) < 4.78 is 11.5. The van der Waals surface area contributed by atoms with Crippen molar-refractivity contribution in [2.75, 3.05) is 26.7 Å². The molecule has 5 heteroatoms. The molecule has 3 heterocycles. The Bertz CT molecular complexity index is 978. The van der Waals surface area contributed by atoms with Crippen LogP contribution in [0.5, 0.6) is 5.75 Å². The normalized spacial score (nSPS) is 28.1. The predicted molar refractivity (Wildman–Crippen MR) is 121 cm³/mol. The second-order valence-electron chi connectivity index (χ2n) is 9.94. The van der Waals surface area contributed by atoms with Crippen LogP contribution in [0.4, 0.5) is 4.79 Å². The number of carbonyl (C=O) groups is 1. The van der Waals surface area contributed by atoms with Crippen molar-refractivity contribution >= 4 is 6.09 Å². The number of ether oxygens (including phenoxy) is 2. The van der Waals surface area contributed by atoms with Crippen LogP contribution in [0.1, 0.15) is 43.9 Å². The standard InChI is InChI=1S/C26H32N2O3/c1-26(2)15-19-14-18(20-6-4-5-7-22(20)30-3)8-9-21(19)24(26)27-25(29)31-23-16-28-12-10-17(23)11-13-28/h4-9,14,17,23-24H,10-13,15-16H2,1-3H3,(H,27,29)/t23-,24?/m1/s1. The van der Waals surface area contributed by atoms with Crippen molar-refractivity contribution in [3.05, 3.63) is 53.6 Å². The van der Waals surface area contributed by atoms with Crippen LogP contribution in [0.25, 0.3) is 11.1 Å². The largest absolute Gasteiger partial charge is 0.496 e. The van der Waals surface area contributed by atoms with Crippen LogP contribution >= 0.6 is 0 Å². The van der Waals surface area contributed by atoms with E-state index in [1.54, 1.807) is 7.11 Å². The maximum Gasteiger partial charge on any atom is 0.407 e. The first-order valence-corrected chi connectivity index (χ1v) is 11.4. The highest BCUT2D eigenvalue weighted by molar-refractivity contribution is 5.73. The van der Waals surface area contributed by atoms with E-state index >= 15 is 0 Å². The lowest BCUT2D eigenvalue weighted by Crippen LogP contribution is -2.53. The van der Waals surface area contributed by atoms with Crippen molar-refractivity contribution in [1.29, 1.82) is 0 Å². The minimum Gasteiger partial charge on any atom is -0.496 e. The highest BCUT2D eigenvalue weighted by atomic mass is 16.6. The van der Waals surface area contributed by atoms with Crippen molar-refractivity contribution in [2.45, 2.75) is 45.3 Å². The summed E-state index contributed by atoms with van der Waals surface area (Å²) in [6.45, 7) is 7.60. The van der Waals surface area contributed by atoms with Crippen LogP contribution in [0.3, 0.4) is 0 Å². The van der Waals surface area contributed by atoms with Gasteiger partial charge in [0.05, 0.1) is 13.2 Å². The lowest BCUT2D eigenvalue weighted by Gasteiger charge is -2.44. The number of benzene rings is 2. The molecule has 0 spiro atoms. The van der Waals surface area contributed by atoms with Gasteiger partial charge in [0.25, 0.3) is 0 Å². The van der Waals surface area contributed by atoms with E-state index in [0.717, 1.165) is 55.8 Å². The molecule has 2 atom stereocenters. The van der Waals surface area contributed by atoms with E-state index in [1.165, 1.54) is 11.1 Å². The smallest absolute Gasteiger partial charge is 0.407 e. The maximum atomic E-state index is 12.8. The van der Waals surface area contributed by atoms with E-state index in [-0.39, 0.29) is 23.7 Å². The summed E-state index contributed by atoms with van der Waals surface area (Å²) in [4.78, 5) is 15.3. The third-order valence-electron chi connectivity index (χ3n) is 7.42. The lowest BCUT2D eigenvalue weighted by molar-refractivity contribution is -0.0348. The zero-order valence-electron chi connectivity index (χ0n) is 18.7. The Morgan fingerprint density at radius 2 is 1.90 bits per heavy atom. The summed E-state index contributed by atoms with van der Waals surface area (Å²) in [5.41, 5.74) is 4.62. The SMILES string of the molecule is COc1ccccc1-c1ccc2c(c1)CC(C)(C)C2NC(=O)O[C@@H]1CN2CCC1CC2. The van der Waals surface area contributed by atoms with Gasteiger partial charge >= 0.3 is 6.09 Å². The Balaban J connectivity index is 1.34. The quantitative estimate of drug-likeness (QED) is 0.772. The van der Waals surface area contributed by atoms with Gasteiger partial charge in [0, 0.05) is 12.1 Å². The number of methoxy groups -OCH3 is 1. The van der Waals surface area contributed by atoms with E-state index in [9.17, 15) is 4.79 Å². The van der Waals surface area contributed by atoms with Gasteiger partial charge in [0.1, 0.15) is 11.9 Å². The van der Waals surface area contributed by atoms with Crippen LogP contribution in [-0.2, 0) is 11.2 Å². The summed E-state index contributed by atoms with van der Waals surface area (Å²) >= 11 is 0. The molecule has 1 aliphatic carbocycles. The fourth-order valence-corrected chi connectivity index (χ4v) is 5.71. The monoisotopic (exact) mass is 420 g/mol. The van der Waals surface area contributed by atoms with Crippen molar-refractivity contribution in [2.24, 2.45) is 11.3 Å². The molecule has 0 aromatic heterocycles. The molecule has 1 N–H and O–H groups in total. The van der Waals surface area contributed by atoms with Gasteiger partial charge < -0.3 is 14.8 Å². The molecule has 3 fully saturated rings. The summed E-state index contributed by atoms with van der Waals surface area (Å²) in [6.07, 6.45) is 2.94. The molecule has 2 aromatic carbocycles. The summed E-state index contributed by atoms with van der Waals surface area (Å²) in [7, 11) is 1.70. The van der Waals surface area contributed by atoms with E-state index < -0.39 is 0 Å². The van der Waals surface area contributed by atoms with Crippen LogP contribution in [0, 0.1) is 11.3 Å². The molecular weight excluding hydrogens is 388 g/mol. The molecule has 3 aliphatic heterocycles. The van der Waals surface area contributed by atoms with Crippen molar-refractivity contribution in [3.63, 3.8) is 0 Å². The maximum absolute atomic E-state index is 12.8. The number of nitrogens with zero attached hydrogens (tertiary/aromatic N) is 1. The third kappa shape index (κ3) is 3.80. The first-order valence-electron chi connectivity index (χ1n) is 11.4. The number of rotatable bonds is 4.